The van der Waals surface area contributed by atoms with Crippen LogP contribution in [-0.2, 0) is 0 Å². The molecule has 0 aliphatic heterocycles. The highest BCUT2D eigenvalue weighted by atomic mass is 35.5. The topological polar surface area (TPSA) is 81.2 Å². The van der Waals surface area contributed by atoms with Gasteiger partial charge in [-0.15, -0.1) is 0 Å². The summed E-state index contributed by atoms with van der Waals surface area (Å²) in [5, 5.41) is 13.6. The Labute approximate surface area is 116 Å². The molecule has 0 fully saturated rings. The van der Waals surface area contributed by atoms with Crippen molar-refractivity contribution < 1.29 is 9.31 Å². The van der Waals surface area contributed by atoms with Crippen molar-refractivity contribution in [2.75, 3.05) is 11.9 Å². The van der Waals surface area contributed by atoms with Crippen molar-refractivity contribution in [2.24, 2.45) is 5.73 Å². The molecule has 0 saturated carbocycles. The summed E-state index contributed by atoms with van der Waals surface area (Å²) in [6, 6.07) is 2.02. The van der Waals surface area contributed by atoms with Crippen LogP contribution in [-0.4, -0.2) is 17.0 Å². The normalized spacial score (nSPS) is 11.4. The van der Waals surface area contributed by atoms with Gasteiger partial charge in [0.05, 0.1) is 16.0 Å². The highest BCUT2D eigenvalue weighted by molar-refractivity contribution is 6.31. The van der Waals surface area contributed by atoms with E-state index in [0.29, 0.717) is 6.54 Å². The molecule has 1 aromatic rings. The maximum atomic E-state index is 13.2. The van der Waals surface area contributed by atoms with Gasteiger partial charge < -0.3 is 11.1 Å². The Morgan fingerprint density at radius 1 is 1.47 bits per heavy atom. The van der Waals surface area contributed by atoms with E-state index >= 15 is 0 Å². The summed E-state index contributed by atoms with van der Waals surface area (Å²) < 4.78 is 13.2. The Hall–Kier alpha value is -1.40. The zero-order valence-electron chi connectivity index (χ0n) is 10.9. The van der Waals surface area contributed by atoms with Gasteiger partial charge in [-0.3, -0.25) is 10.1 Å². The highest BCUT2D eigenvalue weighted by Crippen LogP contribution is 2.30. The fourth-order valence-corrected chi connectivity index (χ4v) is 1.76. The Balaban J connectivity index is 3.00. The molecule has 0 atom stereocenters. The number of rotatable bonds is 6. The first-order chi connectivity index (χ1) is 8.83. The van der Waals surface area contributed by atoms with Crippen LogP contribution in [0.3, 0.4) is 0 Å². The van der Waals surface area contributed by atoms with Gasteiger partial charge in [-0.25, -0.2) is 4.39 Å². The second-order valence-electron chi connectivity index (χ2n) is 4.46. The average Bonchev–Trinajstić information content (AvgIpc) is 2.39. The van der Waals surface area contributed by atoms with Gasteiger partial charge in [0, 0.05) is 12.1 Å². The van der Waals surface area contributed by atoms with Gasteiger partial charge in [0.2, 0.25) is 0 Å². The third kappa shape index (κ3) is 3.78. The molecule has 0 bridgehead atoms. The van der Waals surface area contributed by atoms with Crippen molar-refractivity contribution in [3.8, 4) is 0 Å². The number of nitro groups is 1. The molecule has 0 aromatic heterocycles. The molecule has 5 nitrogen and oxygen atoms in total. The summed E-state index contributed by atoms with van der Waals surface area (Å²) in [6.07, 6.45) is 1.44. The van der Waals surface area contributed by atoms with E-state index in [9.17, 15) is 14.5 Å². The number of nitrogens with one attached hydrogen (secondary N) is 1. The van der Waals surface area contributed by atoms with E-state index in [-0.39, 0.29) is 16.4 Å². The van der Waals surface area contributed by atoms with Crippen molar-refractivity contribution in [2.45, 2.75) is 32.2 Å². The van der Waals surface area contributed by atoms with E-state index < -0.39 is 16.3 Å². The number of hydrogen-bond acceptors (Lipinski definition) is 4. The predicted octanol–water partition coefficient (Wildman–Crippen LogP) is 3.32. The molecule has 0 aliphatic rings. The summed E-state index contributed by atoms with van der Waals surface area (Å²) in [6.45, 7) is 4.23. The summed E-state index contributed by atoms with van der Waals surface area (Å²) in [7, 11) is 0. The Morgan fingerprint density at radius 3 is 2.53 bits per heavy atom. The number of anilines is 1. The fourth-order valence-electron chi connectivity index (χ4n) is 1.60. The third-order valence-corrected chi connectivity index (χ3v) is 3.56. The second-order valence-corrected chi connectivity index (χ2v) is 4.87. The molecule has 0 saturated heterocycles. The van der Waals surface area contributed by atoms with Gasteiger partial charge in [-0.2, -0.15) is 0 Å². The van der Waals surface area contributed by atoms with Crippen LogP contribution in [0.5, 0.6) is 0 Å². The van der Waals surface area contributed by atoms with Gasteiger partial charge in [0.1, 0.15) is 11.5 Å². The smallest absolute Gasteiger partial charge is 0.295 e. The lowest BCUT2D eigenvalue weighted by molar-refractivity contribution is -0.384. The molecule has 0 amide bonds. The quantitative estimate of drug-likeness (QED) is 0.622. The molecule has 1 rings (SSSR count). The van der Waals surface area contributed by atoms with Crippen LogP contribution < -0.4 is 11.1 Å². The number of nitrogens with two attached hydrogens (primary N) is 1. The lowest BCUT2D eigenvalue weighted by Gasteiger charge is -2.27. The number of nitrogens with zero attached hydrogens (tertiary/aromatic N) is 1. The number of halogens is 2. The molecule has 1 aromatic carbocycles. The molecular weight excluding hydrogens is 273 g/mol. The maximum Gasteiger partial charge on any atom is 0.295 e. The molecule has 0 spiro atoms. The first kappa shape index (κ1) is 15.7. The summed E-state index contributed by atoms with van der Waals surface area (Å²) in [5.41, 5.74) is 5.46. The monoisotopic (exact) mass is 289 g/mol. The van der Waals surface area contributed by atoms with Crippen molar-refractivity contribution >= 4 is 23.0 Å². The van der Waals surface area contributed by atoms with Gasteiger partial charge in [-0.05, 0) is 18.9 Å². The van der Waals surface area contributed by atoms with E-state index in [1.807, 2.05) is 13.8 Å². The van der Waals surface area contributed by atoms with Crippen LogP contribution in [0.15, 0.2) is 12.1 Å². The molecular formula is C12H17ClFN3O2. The second kappa shape index (κ2) is 6.16. The van der Waals surface area contributed by atoms with E-state index in [2.05, 4.69) is 5.32 Å². The van der Waals surface area contributed by atoms with Crippen LogP contribution in [0.2, 0.25) is 5.02 Å². The zero-order valence-corrected chi connectivity index (χ0v) is 11.6. The minimum Gasteiger partial charge on any atom is -0.378 e. The van der Waals surface area contributed by atoms with E-state index in [4.69, 9.17) is 17.3 Å². The van der Waals surface area contributed by atoms with Crippen LogP contribution in [0, 0.1) is 15.9 Å². The van der Waals surface area contributed by atoms with E-state index in [0.717, 1.165) is 18.9 Å². The molecule has 19 heavy (non-hydrogen) atoms. The van der Waals surface area contributed by atoms with Crippen LogP contribution in [0.25, 0.3) is 0 Å². The van der Waals surface area contributed by atoms with Gasteiger partial charge in [0.15, 0.2) is 0 Å². The molecule has 0 aliphatic carbocycles. The molecule has 3 N–H and O–H groups in total. The molecule has 0 radical (unpaired) electrons. The van der Waals surface area contributed by atoms with Crippen molar-refractivity contribution in [3.63, 3.8) is 0 Å². The SMILES string of the molecule is CCC(N)(CC)CNc1cc(Cl)c(F)cc1[N+](=O)[O-]. The summed E-state index contributed by atoms with van der Waals surface area (Å²) in [4.78, 5) is 10.2. The molecule has 0 heterocycles. The van der Waals surface area contributed by atoms with Crippen LogP contribution in [0.1, 0.15) is 26.7 Å². The van der Waals surface area contributed by atoms with Crippen LogP contribution in [0.4, 0.5) is 15.8 Å². The maximum absolute atomic E-state index is 13.2. The predicted molar refractivity (Wildman–Crippen MR) is 74.1 cm³/mol. The number of benzene rings is 1. The van der Waals surface area contributed by atoms with Gasteiger partial charge in [0.25, 0.3) is 5.69 Å². The fraction of sp³-hybridized carbons (Fsp3) is 0.500. The minimum atomic E-state index is -0.816. The first-order valence-corrected chi connectivity index (χ1v) is 6.37. The van der Waals surface area contributed by atoms with E-state index in [1.165, 1.54) is 6.07 Å². The highest BCUT2D eigenvalue weighted by Gasteiger charge is 2.23. The largest absolute Gasteiger partial charge is 0.378 e. The molecule has 7 heteroatoms. The Bertz CT molecular complexity index is 478. The standard InChI is InChI=1S/C12H17ClFN3O2/c1-3-12(15,4-2)7-16-10-5-8(13)9(14)6-11(10)17(18)19/h5-6,16H,3-4,7,15H2,1-2H3. The van der Waals surface area contributed by atoms with Gasteiger partial charge in [-0.1, -0.05) is 25.4 Å². The zero-order chi connectivity index (χ0) is 14.6. The number of nitro benzene ring substituents is 1. The summed E-state index contributed by atoms with van der Waals surface area (Å²) >= 11 is 5.64. The molecule has 106 valence electrons. The summed E-state index contributed by atoms with van der Waals surface area (Å²) in [5.74, 6) is -0.816. The van der Waals surface area contributed by atoms with Crippen molar-refractivity contribution in [1.82, 2.24) is 0 Å². The molecule has 0 unspecified atom stereocenters. The first-order valence-electron chi connectivity index (χ1n) is 5.99. The van der Waals surface area contributed by atoms with Gasteiger partial charge >= 0.3 is 0 Å². The van der Waals surface area contributed by atoms with E-state index in [1.54, 1.807) is 0 Å². The van der Waals surface area contributed by atoms with Crippen molar-refractivity contribution in [3.05, 3.63) is 33.1 Å². The lowest BCUT2D eigenvalue weighted by Crippen LogP contribution is -2.45. The Morgan fingerprint density at radius 2 is 2.05 bits per heavy atom. The third-order valence-electron chi connectivity index (χ3n) is 3.27. The number of hydrogen-bond donors (Lipinski definition) is 2. The van der Waals surface area contributed by atoms with Crippen molar-refractivity contribution in [1.29, 1.82) is 0 Å². The average molecular weight is 290 g/mol. The minimum absolute atomic E-state index is 0.163. The Kier molecular flexibility index (Phi) is 5.08. The van der Waals surface area contributed by atoms with Crippen LogP contribution >= 0.6 is 11.6 Å². The lowest BCUT2D eigenvalue weighted by atomic mass is 9.94.